The van der Waals surface area contributed by atoms with Gasteiger partial charge in [0.05, 0.1) is 0 Å². The summed E-state index contributed by atoms with van der Waals surface area (Å²) in [6.07, 6.45) is 0. The molecule has 2 aromatic carbocycles. The van der Waals surface area contributed by atoms with Gasteiger partial charge in [-0.1, -0.05) is 12.1 Å². The Morgan fingerprint density at radius 1 is 0.947 bits per heavy atom. The summed E-state index contributed by atoms with van der Waals surface area (Å²) in [5.74, 6) is 0.209. The van der Waals surface area contributed by atoms with Crippen LogP contribution in [0.4, 0.5) is 0 Å². The van der Waals surface area contributed by atoms with E-state index in [1.807, 2.05) is 45.0 Å². The first-order chi connectivity index (χ1) is 9.08. The molecular formula is C15H15N3O. The fourth-order valence-electron chi connectivity index (χ4n) is 2.26. The van der Waals surface area contributed by atoms with E-state index in [9.17, 15) is 5.11 Å². The highest BCUT2D eigenvalue weighted by Gasteiger charge is 2.14. The highest BCUT2D eigenvalue weighted by atomic mass is 16.3. The standard InChI is InChI=1S/C15H15N3O/c1-9-8-14(19)15(11(3)10(9)2)18-16-12-6-4-5-7-13(12)17-18/h4-8,19H,1-3H3. The monoisotopic (exact) mass is 253 g/mol. The van der Waals surface area contributed by atoms with Gasteiger partial charge in [0.1, 0.15) is 22.5 Å². The third kappa shape index (κ3) is 1.76. The van der Waals surface area contributed by atoms with Crippen molar-refractivity contribution in [2.75, 3.05) is 0 Å². The third-order valence-electron chi connectivity index (χ3n) is 3.59. The molecule has 1 heterocycles. The predicted octanol–water partition coefficient (Wildman–Crippen LogP) is 3.05. The molecule has 0 amide bonds. The number of phenols is 1. The van der Waals surface area contributed by atoms with Crippen molar-refractivity contribution in [1.29, 1.82) is 0 Å². The predicted molar refractivity (Wildman–Crippen MR) is 74.7 cm³/mol. The van der Waals surface area contributed by atoms with Gasteiger partial charge in [-0.05, 0) is 55.7 Å². The summed E-state index contributed by atoms with van der Waals surface area (Å²) in [7, 11) is 0. The Balaban J connectivity index is 2.29. The van der Waals surface area contributed by atoms with Gasteiger partial charge < -0.3 is 5.11 Å². The van der Waals surface area contributed by atoms with Crippen LogP contribution in [-0.4, -0.2) is 20.1 Å². The van der Waals surface area contributed by atoms with E-state index in [1.54, 1.807) is 6.07 Å². The fraction of sp³-hybridized carbons (Fsp3) is 0.200. The molecule has 0 atom stereocenters. The minimum Gasteiger partial charge on any atom is -0.506 e. The smallest absolute Gasteiger partial charge is 0.143 e. The van der Waals surface area contributed by atoms with Crippen LogP contribution in [0, 0.1) is 20.8 Å². The largest absolute Gasteiger partial charge is 0.506 e. The molecule has 0 spiro atoms. The molecule has 0 bridgehead atoms. The Bertz CT molecular complexity index is 741. The molecule has 96 valence electrons. The van der Waals surface area contributed by atoms with Gasteiger partial charge in [-0.15, -0.1) is 15.0 Å². The molecule has 0 aliphatic carbocycles. The SMILES string of the molecule is Cc1cc(O)c(-n2nc3ccccc3n2)c(C)c1C. The van der Waals surface area contributed by atoms with Crippen LogP contribution < -0.4 is 0 Å². The molecule has 0 aliphatic rings. The highest BCUT2D eigenvalue weighted by molar-refractivity contribution is 5.74. The molecular weight excluding hydrogens is 238 g/mol. The summed E-state index contributed by atoms with van der Waals surface area (Å²) >= 11 is 0. The maximum Gasteiger partial charge on any atom is 0.143 e. The second-order valence-corrected chi connectivity index (χ2v) is 4.79. The normalized spacial score (nSPS) is 11.1. The van der Waals surface area contributed by atoms with Gasteiger partial charge >= 0.3 is 0 Å². The van der Waals surface area contributed by atoms with E-state index in [1.165, 1.54) is 4.80 Å². The van der Waals surface area contributed by atoms with E-state index in [0.29, 0.717) is 5.69 Å². The number of rotatable bonds is 1. The lowest BCUT2D eigenvalue weighted by Crippen LogP contribution is -2.04. The minimum absolute atomic E-state index is 0.209. The second kappa shape index (κ2) is 4.09. The van der Waals surface area contributed by atoms with E-state index in [0.717, 1.165) is 27.7 Å². The van der Waals surface area contributed by atoms with Crippen LogP contribution in [0.3, 0.4) is 0 Å². The van der Waals surface area contributed by atoms with Crippen molar-refractivity contribution >= 4 is 11.0 Å². The summed E-state index contributed by atoms with van der Waals surface area (Å²) in [6, 6.07) is 9.42. The number of aryl methyl sites for hydroxylation is 1. The molecule has 0 radical (unpaired) electrons. The van der Waals surface area contributed by atoms with E-state index in [4.69, 9.17) is 0 Å². The first kappa shape index (κ1) is 11.7. The third-order valence-corrected chi connectivity index (χ3v) is 3.59. The maximum absolute atomic E-state index is 10.2. The maximum atomic E-state index is 10.2. The summed E-state index contributed by atoms with van der Waals surface area (Å²) in [4.78, 5) is 1.52. The summed E-state index contributed by atoms with van der Waals surface area (Å²) in [5.41, 5.74) is 5.50. The van der Waals surface area contributed by atoms with Crippen LogP contribution in [0.2, 0.25) is 0 Å². The van der Waals surface area contributed by atoms with E-state index < -0.39 is 0 Å². The van der Waals surface area contributed by atoms with Gasteiger partial charge in [-0.3, -0.25) is 0 Å². The average Bonchev–Trinajstić information content (AvgIpc) is 2.79. The molecule has 0 saturated heterocycles. The van der Waals surface area contributed by atoms with Crippen LogP contribution in [0.1, 0.15) is 16.7 Å². The van der Waals surface area contributed by atoms with Crippen molar-refractivity contribution in [2.45, 2.75) is 20.8 Å². The van der Waals surface area contributed by atoms with Crippen LogP contribution in [0.5, 0.6) is 5.75 Å². The average molecular weight is 253 g/mol. The van der Waals surface area contributed by atoms with Crippen molar-refractivity contribution in [3.63, 3.8) is 0 Å². The minimum atomic E-state index is 0.209. The van der Waals surface area contributed by atoms with Crippen molar-refractivity contribution in [2.24, 2.45) is 0 Å². The number of aromatic nitrogens is 3. The Morgan fingerprint density at radius 2 is 1.53 bits per heavy atom. The van der Waals surface area contributed by atoms with Crippen LogP contribution >= 0.6 is 0 Å². The quantitative estimate of drug-likeness (QED) is 0.725. The highest BCUT2D eigenvalue weighted by Crippen LogP contribution is 2.29. The molecule has 19 heavy (non-hydrogen) atoms. The summed E-state index contributed by atoms with van der Waals surface area (Å²) in [5, 5.41) is 19.0. The van der Waals surface area contributed by atoms with Crippen molar-refractivity contribution in [1.82, 2.24) is 15.0 Å². The number of aromatic hydroxyl groups is 1. The molecule has 0 fully saturated rings. The molecule has 0 saturated carbocycles. The number of fused-ring (bicyclic) bond motifs is 1. The number of nitrogens with zero attached hydrogens (tertiary/aromatic N) is 3. The van der Waals surface area contributed by atoms with Crippen molar-refractivity contribution < 1.29 is 5.11 Å². The summed E-state index contributed by atoms with van der Waals surface area (Å²) < 4.78 is 0. The van der Waals surface area contributed by atoms with Gasteiger partial charge in [-0.25, -0.2) is 0 Å². The molecule has 1 aromatic heterocycles. The van der Waals surface area contributed by atoms with Gasteiger partial charge in [0.15, 0.2) is 0 Å². The molecule has 3 rings (SSSR count). The van der Waals surface area contributed by atoms with Crippen molar-refractivity contribution in [3.05, 3.63) is 47.0 Å². The summed E-state index contributed by atoms with van der Waals surface area (Å²) in [6.45, 7) is 6.00. The molecule has 4 nitrogen and oxygen atoms in total. The Hall–Kier alpha value is -2.36. The Morgan fingerprint density at radius 3 is 2.11 bits per heavy atom. The Kier molecular flexibility index (Phi) is 2.52. The lowest BCUT2D eigenvalue weighted by molar-refractivity contribution is 0.466. The number of hydrogen-bond acceptors (Lipinski definition) is 3. The van der Waals surface area contributed by atoms with Crippen molar-refractivity contribution in [3.8, 4) is 11.4 Å². The van der Waals surface area contributed by atoms with Gasteiger partial charge in [0.2, 0.25) is 0 Å². The van der Waals surface area contributed by atoms with E-state index in [-0.39, 0.29) is 5.75 Å². The van der Waals surface area contributed by atoms with Crippen LogP contribution in [0.15, 0.2) is 30.3 Å². The zero-order valence-corrected chi connectivity index (χ0v) is 11.2. The molecule has 1 N–H and O–H groups in total. The molecule has 3 aromatic rings. The van der Waals surface area contributed by atoms with Gasteiger partial charge in [-0.2, -0.15) is 0 Å². The van der Waals surface area contributed by atoms with E-state index >= 15 is 0 Å². The van der Waals surface area contributed by atoms with Crippen LogP contribution in [-0.2, 0) is 0 Å². The lowest BCUT2D eigenvalue weighted by atomic mass is 10.0. The molecule has 4 heteroatoms. The van der Waals surface area contributed by atoms with Crippen LogP contribution in [0.25, 0.3) is 16.7 Å². The second-order valence-electron chi connectivity index (χ2n) is 4.79. The molecule has 0 unspecified atom stereocenters. The number of phenolic OH excluding ortho intramolecular Hbond substituents is 1. The fourth-order valence-corrected chi connectivity index (χ4v) is 2.26. The van der Waals surface area contributed by atoms with E-state index in [2.05, 4.69) is 10.2 Å². The van der Waals surface area contributed by atoms with Gasteiger partial charge in [0.25, 0.3) is 0 Å². The first-order valence-corrected chi connectivity index (χ1v) is 6.20. The zero-order chi connectivity index (χ0) is 13.6. The zero-order valence-electron chi connectivity index (χ0n) is 11.2. The first-order valence-electron chi connectivity index (χ1n) is 6.20. The van der Waals surface area contributed by atoms with Gasteiger partial charge in [0, 0.05) is 0 Å². The Labute approximate surface area is 111 Å². The number of benzene rings is 2. The topological polar surface area (TPSA) is 50.9 Å². The lowest BCUT2D eigenvalue weighted by Gasteiger charge is -2.12. The molecule has 0 aliphatic heterocycles. The number of hydrogen-bond donors (Lipinski definition) is 1.